The number of rotatable bonds is 6. The molecule has 1 aliphatic heterocycles. The van der Waals surface area contributed by atoms with Gasteiger partial charge in [0.2, 0.25) is 15.9 Å². The van der Waals surface area contributed by atoms with Crippen molar-refractivity contribution in [2.75, 3.05) is 25.9 Å². The van der Waals surface area contributed by atoms with Gasteiger partial charge in [-0.05, 0) is 43.0 Å². The minimum Gasteiger partial charge on any atom is -0.341 e. The van der Waals surface area contributed by atoms with Crippen LogP contribution in [0.25, 0.3) is 0 Å². The zero-order chi connectivity index (χ0) is 21.1. The van der Waals surface area contributed by atoms with Gasteiger partial charge in [-0.15, -0.1) is 0 Å². The predicted octanol–water partition coefficient (Wildman–Crippen LogP) is 3.17. The second kappa shape index (κ2) is 8.63. The lowest BCUT2D eigenvalue weighted by Crippen LogP contribution is -2.53. The van der Waals surface area contributed by atoms with Gasteiger partial charge in [0.05, 0.1) is 11.2 Å². The minimum atomic E-state index is -3.28. The predicted molar refractivity (Wildman–Crippen MR) is 111 cm³/mol. The molecule has 0 unspecified atom stereocenters. The molecule has 7 heteroatoms. The van der Waals surface area contributed by atoms with E-state index in [0.29, 0.717) is 32.5 Å². The van der Waals surface area contributed by atoms with Crippen LogP contribution < -0.4 is 0 Å². The molecule has 1 saturated heterocycles. The SMILES string of the molecule is CCS(=O)(=O)N1CCC(C(=O)N(C)Cc2ccc(F)cc2)(c2ccccc2)CC1. The molecule has 0 N–H and O–H groups in total. The van der Waals surface area contributed by atoms with Gasteiger partial charge in [-0.25, -0.2) is 17.1 Å². The van der Waals surface area contributed by atoms with Gasteiger partial charge < -0.3 is 4.90 Å². The molecule has 29 heavy (non-hydrogen) atoms. The van der Waals surface area contributed by atoms with Crippen LogP contribution in [0.4, 0.5) is 4.39 Å². The fraction of sp³-hybridized carbons (Fsp3) is 0.409. The van der Waals surface area contributed by atoms with E-state index >= 15 is 0 Å². The normalized spacial score (nSPS) is 17.1. The van der Waals surface area contributed by atoms with E-state index in [1.807, 2.05) is 30.3 Å². The fourth-order valence-corrected chi connectivity index (χ4v) is 5.12. The van der Waals surface area contributed by atoms with Gasteiger partial charge in [-0.3, -0.25) is 4.79 Å². The fourth-order valence-electron chi connectivity index (χ4n) is 4.01. The van der Waals surface area contributed by atoms with Crippen LogP contribution in [0, 0.1) is 5.82 Å². The molecule has 2 aromatic carbocycles. The second-order valence-corrected chi connectivity index (χ2v) is 9.79. The van der Waals surface area contributed by atoms with Crippen molar-refractivity contribution in [1.82, 2.24) is 9.21 Å². The first-order valence-electron chi connectivity index (χ1n) is 9.82. The zero-order valence-electron chi connectivity index (χ0n) is 16.8. The van der Waals surface area contributed by atoms with Crippen LogP contribution in [0.5, 0.6) is 0 Å². The van der Waals surface area contributed by atoms with Crippen molar-refractivity contribution in [2.24, 2.45) is 0 Å². The maximum Gasteiger partial charge on any atom is 0.233 e. The summed E-state index contributed by atoms with van der Waals surface area (Å²) in [6.07, 6.45) is 0.867. The van der Waals surface area contributed by atoms with Gasteiger partial charge in [0.25, 0.3) is 0 Å². The average Bonchev–Trinajstić information content (AvgIpc) is 2.75. The molecule has 156 valence electrons. The molecule has 0 radical (unpaired) electrons. The van der Waals surface area contributed by atoms with E-state index in [4.69, 9.17) is 0 Å². The van der Waals surface area contributed by atoms with Crippen molar-refractivity contribution in [3.63, 3.8) is 0 Å². The molecule has 1 aliphatic rings. The highest BCUT2D eigenvalue weighted by Gasteiger charge is 2.45. The lowest BCUT2D eigenvalue weighted by Gasteiger charge is -2.42. The van der Waals surface area contributed by atoms with Gasteiger partial charge in [0.1, 0.15) is 5.82 Å². The van der Waals surface area contributed by atoms with Crippen LogP contribution in [0.3, 0.4) is 0 Å². The summed E-state index contributed by atoms with van der Waals surface area (Å²) in [7, 11) is -1.54. The average molecular weight is 419 g/mol. The minimum absolute atomic E-state index is 0.0402. The first-order chi connectivity index (χ1) is 13.8. The summed E-state index contributed by atoms with van der Waals surface area (Å²) < 4.78 is 39.2. The number of amides is 1. The smallest absolute Gasteiger partial charge is 0.233 e. The van der Waals surface area contributed by atoms with Gasteiger partial charge in [0.15, 0.2) is 0 Å². The largest absolute Gasteiger partial charge is 0.341 e. The highest BCUT2D eigenvalue weighted by Crippen LogP contribution is 2.38. The standard InChI is InChI=1S/C22H27FN2O3S/c1-3-29(27,28)25-15-13-22(14-16-25,19-7-5-4-6-8-19)21(26)24(2)17-18-9-11-20(23)12-10-18/h4-12H,3,13-17H2,1-2H3. The molecule has 1 amide bonds. The maximum atomic E-state index is 13.6. The van der Waals surface area contributed by atoms with Crippen molar-refractivity contribution in [1.29, 1.82) is 0 Å². The van der Waals surface area contributed by atoms with Crippen LogP contribution in [-0.2, 0) is 26.8 Å². The van der Waals surface area contributed by atoms with E-state index in [1.165, 1.54) is 16.4 Å². The number of likely N-dealkylation sites (N-methyl/N-ethyl adjacent to an activating group) is 1. The van der Waals surface area contributed by atoms with E-state index in [9.17, 15) is 17.6 Å². The first kappa shape index (κ1) is 21.5. The van der Waals surface area contributed by atoms with Crippen molar-refractivity contribution >= 4 is 15.9 Å². The second-order valence-electron chi connectivity index (χ2n) is 7.54. The molecule has 0 aromatic heterocycles. The molecule has 2 aromatic rings. The zero-order valence-corrected chi connectivity index (χ0v) is 17.7. The van der Waals surface area contributed by atoms with Crippen molar-refractivity contribution in [3.05, 3.63) is 71.5 Å². The van der Waals surface area contributed by atoms with Crippen molar-refractivity contribution < 1.29 is 17.6 Å². The molecular weight excluding hydrogens is 391 g/mol. The molecule has 0 saturated carbocycles. The Morgan fingerprint density at radius 1 is 1.07 bits per heavy atom. The van der Waals surface area contributed by atoms with Crippen LogP contribution in [0.1, 0.15) is 30.9 Å². The Kier molecular flexibility index (Phi) is 6.39. The number of halogens is 1. The Morgan fingerprint density at radius 2 is 1.66 bits per heavy atom. The summed E-state index contributed by atoms with van der Waals surface area (Å²) in [5.74, 6) is -0.293. The Hall–Kier alpha value is -2.25. The van der Waals surface area contributed by atoms with Crippen LogP contribution in [-0.4, -0.2) is 49.4 Å². The highest BCUT2D eigenvalue weighted by molar-refractivity contribution is 7.89. The number of benzene rings is 2. The van der Waals surface area contributed by atoms with Crippen LogP contribution in [0.15, 0.2) is 54.6 Å². The summed E-state index contributed by atoms with van der Waals surface area (Å²) in [6.45, 7) is 2.64. The molecule has 0 spiro atoms. The number of piperidine rings is 1. The molecule has 5 nitrogen and oxygen atoms in total. The van der Waals surface area contributed by atoms with E-state index in [0.717, 1.165) is 11.1 Å². The van der Waals surface area contributed by atoms with Gasteiger partial charge in [-0.1, -0.05) is 42.5 Å². The summed E-state index contributed by atoms with van der Waals surface area (Å²) in [6, 6.07) is 15.7. The molecule has 3 rings (SSSR count). The van der Waals surface area contributed by atoms with E-state index < -0.39 is 15.4 Å². The third-order valence-electron chi connectivity index (χ3n) is 5.75. The topological polar surface area (TPSA) is 57.7 Å². The molecule has 1 fully saturated rings. The Bertz CT molecular complexity index is 938. The Morgan fingerprint density at radius 3 is 2.21 bits per heavy atom. The van der Waals surface area contributed by atoms with Crippen molar-refractivity contribution in [3.8, 4) is 0 Å². The van der Waals surface area contributed by atoms with E-state index in [1.54, 1.807) is 31.0 Å². The third-order valence-corrected chi connectivity index (χ3v) is 7.63. The van der Waals surface area contributed by atoms with E-state index in [2.05, 4.69) is 0 Å². The van der Waals surface area contributed by atoms with Crippen LogP contribution >= 0.6 is 0 Å². The lowest BCUT2D eigenvalue weighted by molar-refractivity contribution is -0.138. The van der Waals surface area contributed by atoms with Crippen molar-refractivity contribution in [2.45, 2.75) is 31.7 Å². The number of hydrogen-bond acceptors (Lipinski definition) is 3. The quantitative estimate of drug-likeness (QED) is 0.724. The molecule has 0 bridgehead atoms. The Labute approximate surface area is 172 Å². The van der Waals surface area contributed by atoms with E-state index in [-0.39, 0.29) is 17.5 Å². The third kappa shape index (κ3) is 4.51. The first-order valence-corrected chi connectivity index (χ1v) is 11.4. The van der Waals surface area contributed by atoms with Gasteiger partial charge in [0, 0.05) is 26.7 Å². The van der Waals surface area contributed by atoms with Gasteiger partial charge >= 0.3 is 0 Å². The summed E-state index contributed by atoms with van der Waals surface area (Å²) >= 11 is 0. The number of hydrogen-bond donors (Lipinski definition) is 0. The Balaban J connectivity index is 1.86. The van der Waals surface area contributed by atoms with Crippen LogP contribution in [0.2, 0.25) is 0 Å². The molecular formula is C22H27FN2O3S. The monoisotopic (exact) mass is 418 g/mol. The summed E-state index contributed by atoms with van der Waals surface area (Å²) in [5.41, 5.74) is 0.983. The van der Waals surface area contributed by atoms with Gasteiger partial charge in [-0.2, -0.15) is 0 Å². The maximum absolute atomic E-state index is 13.6. The molecule has 0 aliphatic carbocycles. The number of sulfonamides is 1. The lowest BCUT2D eigenvalue weighted by atomic mass is 9.72. The summed E-state index contributed by atoms with van der Waals surface area (Å²) in [5, 5.41) is 0. The number of carbonyl (C=O) groups excluding carboxylic acids is 1. The molecule has 1 heterocycles. The summed E-state index contributed by atoms with van der Waals surface area (Å²) in [4.78, 5) is 15.3. The number of nitrogens with zero attached hydrogens (tertiary/aromatic N) is 2. The number of carbonyl (C=O) groups is 1. The molecule has 0 atom stereocenters. The highest BCUT2D eigenvalue weighted by atomic mass is 32.2.